The van der Waals surface area contributed by atoms with E-state index in [4.69, 9.17) is 4.74 Å². The van der Waals surface area contributed by atoms with Gasteiger partial charge in [-0.05, 0) is 41.3 Å². The molecule has 3 heterocycles. The molecule has 0 aliphatic carbocycles. The molecule has 4 aromatic rings. The van der Waals surface area contributed by atoms with E-state index >= 15 is 0 Å². The zero-order valence-electron chi connectivity index (χ0n) is 16.5. The van der Waals surface area contributed by atoms with Crippen LogP contribution in [0, 0.1) is 0 Å². The number of nitrogens with zero attached hydrogens (tertiary/aromatic N) is 4. The third kappa shape index (κ3) is 4.19. The maximum atomic E-state index is 13.3. The lowest BCUT2D eigenvalue weighted by Crippen LogP contribution is -2.42. The molecular formula is C23H19BrN4O2S. The molecule has 6 nitrogen and oxygen atoms in total. The summed E-state index contributed by atoms with van der Waals surface area (Å²) in [6.45, 7) is 1.46. The van der Waals surface area contributed by atoms with Crippen LogP contribution in [-0.2, 0) is 4.74 Å². The van der Waals surface area contributed by atoms with Crippen molar-refractivity contribution >= 4 is 33.2 Å². The van der Waals surface area contributed by atoms with Crippen LogP contribution in [0.5, 0.6) is 0 Å². The Balaban J connectivity index is 1.44. The van der Waals surface area contributed by atoms with Gasteiger partial charge in [0.1, 0.15) is 6.10 Å². The fourth-order valence-corrected chi connectivity index (χ4v) is 4.53. The Kier molecular flexibility index (Phi) is 5.67. The first-order valence-corrected chi connectivity index (χ1v) is 11.6. The van der Waals surface area contributed by atoms with Crippen molar-refractivity contribution in [1.82, 2.24) is 19.7 Å². The van der Waals surface area contributed by atoms with Gasteiger partial charge >= 0.3 is 0 Å². The summed E-state index contributed by atoms with van der Waals surface area (Å²) in [4.78, 5) is 20.7. The Hall–Kier alpha value is -2.81. The number of morpholine rings is 1. The van der Waals surface area contributed by atoms with Crippen molar-refractivity contribution in [2.75, 3.05) is 19.7 Å². The van der Waals surface area contributed by atoms with Gasteiger partial charge in [0.25, 0.3) is 5.91 Å². The van der Waals surface area contributed by atoms with Crippen LogP contribution >= 0.6 is 27.3 Å². The monoisotopic (exact) mass is 494 g/mol. The molecule has 0 N–H and O–H groups in total. The molecule has 2 aromatic heterocycles. The maximum absolute atomic E-state index is 13.3. The van der Waals surface area contributed by atoms with Gasteiger partial charge < -0.3 is 9.64 Å². The second-order valence-corrected chi connectivity index (χ2v) is 9.01. The van der Waals surface area contributed by atoms with Crippen molar-refractivity contribution in [3.05, 3.63) is 88.0 Å². The van der Waals surface area contributed by atoms with Gasteiger partial charge in [-0.2, -0.15) is 0 Å². The molecule has 0 radical (unpaired) electrons. The summed E-state index contributed by atoms with van der Waals surface area (Å²) in [6, 6.07) is 21.7. The molecule has 1 amide bonds. The SMILES string of the molecule is O=C(c1nc(-c2cccs2)n(-c2ccccc2)n1)N1CCOC(c2ccc(Br)cc2)C1. The van der Waals surface area contributed by atoms with Gasteiger partial charge in [-0.15, -0.1) is 16.4 Å². The highest BCUT2D eigenvalue weighted by Crippen LogP contribution is 2.27. The molecule has 2 aromatic carbocycles. The van der Waals surface area contributed by atoms with Gasteiger partial charge in [-0.25, -0.2) is 9.67 Å². The van der Waals surface area contributed by atoms with Crippen molar-refractivity contribution in [3.63, 3.8) is 0 Å². The zero-order chi connectivity index (χ0) is 21.2. The molecule has 8 heteroatoms. The van der Waals surface area contributed by atoms with E-state index in [0.29, 0.717) is 25.5 Å². The van der Waals surface area contributed by atoms with E-state index in [1.807, 2.05) is 72.1 Å². The summed E-state index contributed by atoms with van der Waals surface area (Å²) < 4.78 is 8.68. The van der Waals surface area contributed by atoms with Crippen molar-refractivity contribution in [2.24, 2.45) is 0 Å². The first-order chi connectivity index (χ1) is 15.2. The van der Waals surface area contributed by atoms with Crippen molar-refractivity contribution < 1.29 is 9.53 Å². The maximum Gasteiger partial charge on any atom is 0.293 e. The van der Waals surface area contributed by atoms with Gasteiger partial charge in [0.15, 0.2) is 5.82 Å². The minimum absolute atomic E-state index is 0.168. The zero-order valence-corrected chi connectivity index (χ0v) is 18.9. The molecule has 31 heavy (non-hydrogen) atoms. The smallest absolute Gasteiger partial charge is 0.293 e. The lowest BCUT2D eigenvalue weighted by Gasteiger charge is -2.32. The Morgan fingerprint density at radius 1 is 1.06 bits per heavy atom. The molecule has 156 valence electrons. The predicted octanol–water partition coefficient (Wildman–Crippen LogP) is 4.97. The average Bonchev–Trinajstić information content (AvgIpc) is 3.50. The number of hydrogen-bond acceptors (Lipinski definition) is 5. The number of para-hydroxylation sites is 1. The standard InChI is InChI=1S/C23H19BrN4O2S/c24-17-10-8-16(9-11-17)19-15-27(12-13-30-19)23(29)21-25-22(20-7-4-14-31-20)28(26-21)18-5-2-1-3-6-18/h1-11,14,19H,12-13,15H2. The number of aromatic nitrogens is 3. The van der Waals surface area contributed by atoms with E-state index in [1.54, 1.807) is 20.9 Å². The van der Waals surface area contributed by atoms with Crippen LogP contribution in [0.1, 0.15) is 22.3 Å². The van der Waals surface area contributed by atoms with Crippen molar-refractivity contribution in [3.8, 4) is 16.4 Å². The summed E-state index contributed by atoms with van der Waals surface area (Å²) in [7, 11) is 0. The van der Waals surface area contributed by atoms with Gasteiger partial charge in [-0.3, -0.25) is 4.79 Å². The van der Waals surface area contributed by atoms with Crippen LogP contribution in [0.4, 0.5) is 0 Å². The minimum Gasteiger partial charge on any atom is -0.370 e. The first kappa shape index (κ1) is 20.1. The molecule has 0 bridgehead atoms. The van der Waals surface area contributed by atoms with Crippen LogP contribution in [0.25, 0.3) is 16.4 Å². The normalized spacial score (nSPS) is 16.4. The quantitative estimate of drug-likeness (QED) is 0.401. The van der Waals surface area contributed by atoms with Crippen LogP contribution < -0.4 is 0 Å². The highest BCUT2D eigenvalue weighted by Gasteiger charge is 2.29. The fourth-order valence-electron chi connectivity index (χ4n) is 3.57. The van der Waals surface area contributed by atoms with E-state index in [1.165, 1.54) is 0 Å². The lowest BCUT2D eigenvalue weighted by atomic mass is 10.1. The third-order valence-electron chi connectivity index (χ3n) is 5.14. The largest absolute Gasteiger partial charge is 0.370 e. The molecule has 1 saturated heterocycles. The molecular weight excluding hydrogens is 476 g/mol. The molecule has 1 aliphatic heterocycles. The van der Waals surface area contributed by atoms with Crippen LogP contribution in [0.2, 0.25) is 0 Å². The van der Waals surface area contributed by atoms with Gasteiger partial charge in [0, 0.05) is 11.0 Å². The highest BCUT2D eigenvalue weighted by molar-refractivity contribution is 9.10. The summed E-state index contributed by atoms with van der Waals surface area (Å²) in [5, 5.41) is 6.59. The Morgan fingerprint density at radius 3 is 2.61 bits per heavy atom. The fraction of sp³-hybridized carbons (Fsp3) is 0.174. The van der Waals surface area contributed by atoms with Gasteiger partial charge in [-0.1, -0.05) is 52.3 Å². The first-order valence-electron chi connectivity index (χ1n) is 9.92. The molecule has 5 rings (SSSR count). The number of hydrogen-bond donors (Lipinski definition) is 0. The number of thiophene rings is 1. The minimum atomic E-state index is -0.183. The number of carbonyl (C=O) groups is 1. The molecule has 1 fully saturated rings. The van der Waals surface area contributed by atoms with E-state index in [-0.39, 0.29) is 17.8 Å². The molecule has 1 atom stereocenters. The number of rotatable bonds is 4. The number of carbonyl (C=O) groups excluding carboxylic acids is 1. The third-order valence-corrected chi connectivity index (χ3v) is 6.53. The lowest BCUT2D eigenvalue weighted by molar-refractivity contribution is -0.0232. The van der Waals surface area contributed by atoms with E-state index in [2.05, 4.69) is 26.0 Å². The van der Waals surface area contributed by atoms with Crippen molar-refractivity contribution in [2.45, 2.75) is 6.10 Å². The predicted molar refractivity (Wildman–Crippen MR) is 123 cm³/mol. The average molecular weight is 495 g/mol. The number of benzene rings is 2. The number of halogens is 1. The van der Waals surface area contributed by atoms with E-state index < -0.39 is 0 Å². The second-order valence-electron chi connectivity index (χ2n) is 7.15. The van der Waals surface area contributed by atoms with Crippen LogP contribution in [-0.4, -0.2) is 45.3 Å². The molecule has 0 spiro atoms. The number of amides is 1. The summed E-state index contributed by atoms with van der Waals surface area (Å²) in [6.07, 6.45) is -0.168. The Bertz CT molecular complexity index is 1180. The van der Waals surface area contributed by atoms with Crippen LogP contribution in [0.3, 0.4) is 0 Å². The highest BCUT2D eigenvalue weighted by atomic mass is 79.9. The Labute approximate surface area is 192 Å². The topological polar surface area (TPSA) is 60.2 Å². The van der Waals surface area contributed by atoms with Gasteiger partial charge in [0.2, 0.25) is 5.82 Å². The van der Waals surface area contributed by atoms with Gasteiger partial charge in [0.05, 0.1) is 23.7 Å². The van der Waals surface area contributed by atoms with E-state index in [0.717, 1.165) is 20.6 Å². The molecule has 0 saturated carbocycles. The molecule has 1 unspecified atom stereocenters. The molecule has 1 aliphatic rings. The van der Waals surface area contributed by atoms with Crippen molar-refractivity contribution in [1.29, 1.82) is 0 Å². The second kappa shape index (κ2) is 8.74. The van der Waals surface area contributed by atoms with Crippen LogP contribution in [0.15, 0.2) is 76.6 Å². The Morgan fingerprint density at radius 2 is 1.87 bits per heavy atom. The summed E-state index contributed by atoms with van der Waals surface area (Å²) in [5.41, 5.74) is 1.91. The van der Waals surface area contributed by atoms with E-state index in [9.17, 15) is 4.79 Å². The summed E-state index contributed by atoms with van der Waals surface area (Å²) >= 11 is 5.03. The number of ether oxygens (including phenoxy) is 1. The summed E-state index contributed by atoms with van der Waals surface area (Å²) in [5.74, 6) is 0.684.